The third-order valence-electron chi connectivity index (χ3n) is 14.3. The average molecular weight is 720 g/mol. The molecule has 1 aliphatic heterocycles. The predicted molar refractivity (Wildman–Crippen MR) is 235 cm³/mol. The van der Waals surface area contributed by atoms with Crippen molar-refractivity contribution in [3.63, 3.8) is 0 Å². The van der Waals surface area contributed by atoms with Crippen LogP contribution in [0.3, 0.4) is 0 Å². The maximum absolute atomic E-state index is 2.66. The second kappa shape index (κ2) is 11.1. The molecule has 4 bridgehead atoms. The van der Waals surface area contributed by atoms with E-state index in [2.05, 4.69) is 184 Å². The van der Waals surface area contributed by atoms with Crippen LogP contribution in [-0.4, -0.2) is 0 Å². The smallest absolute Gasteiger partial charge is 0.0726 e. The molecule has 0 radical (unpaired) electrons. The van der Waals surface area contributed by atoms with E-state index in [4.69, 9.17) is 0 Å². The fourth-order valence-corrected chi connectivity index (χ4v) is 11.4. The number of benzene rings is 7. The molecule has 0 saturated carbocycles. The van der Waals surface area contributed by atoms with E-state index in [0.717, 1.165) is 12.8 Å². The van der Waals surface area contributed by atoms with Crippen molar-refractivity contribution in [1.29, 1.82) is 0 Å². The Labute approximate surface area is 330 Å². The minimum Gasteiger partial charge on any atom is -0.310 e. The molecular formula is C55H45N. The topological polar surface area (TPSA) is 3.24 Å². The highest BCUT2D eigenvalue weighted by molar-refractivity contribution is 6.06. The van der Waals surface area contributed by atoms with E-state index >= 15 is 0 Å². The molecule has 1 unspecified atom stereocenters. The lowest BCUT2D eigenvalue weighted by atomic mass is 9.62. The zero-order valence-electron chi connectivity index (χ0n) is 32.7. The Morgan fingerprint density at radius 1 is 0.446 bits per heavy atom. The zero-order chi connectivity index (χ0) is 37.6. The minimum absolute atomic E-state index is 0.0600. The van der Waals surface area contributed by atoms with Crippen molar-refractivity contribution in [2.24, 2.45) is 0 Å². The molecule has 4 aliphatic carbocycles. The van der Waals surface area contributed by atoms with Crippen molar-refractivity contribution in [2.75, 3.05) is 4.90 Å². The summed E-state index contributed by atoms with van der Waals surface area (Å²) >= 11 is 0. The second-order valence-electron chi connectivity index (χ2n) is 18.2. The van der Waals surface area contributed by atoms with E-state index in [-0.39, 0.29) is 10.8 Å². The molecule has 0 saturated heterocycles. The van der Waals surface area contributed by atoms with E-state index in [1.807, 2.05) is 0 Å². The Hall–Kier alpha value is -5.92. The average Bonchev–Trinajstić information content (AvgIpc) is 3.69. The molecule has 270 valence electrons. The van der Waals surface area contributed by atoms with Gasteiger partial charge in [-0.05, 0) is 150 Å². The molecule has 12 rings (SSSR count). The predicted octanol–water partition coefficient (Wildman–Crippen LogP) is 14.6. The molecular weight excluding hydrogens is 675 g/mol. The van der Waals surface area contributed by atoms with Gasteiger partial charge in [-0.2, -0.15) is 0 Å². The van der Waals surface area contributed by atoms with Crippen LogP contribution in [0.5, 0.6) is 0 Å². The summed E-state index contributed by atoms with van der Waals surface area (Å²) in [6, 6.07) is 52.1. The van der Waals surface area contributed by atoms with Crippen LogP contribution in [0.4, 0.5) is 11.4 Å². The van der Waals surface area contributed by atoms with Gasteiger partial charge in [-0.1, -0.05) is 143 Å². The van der Waals surface area contributed by atoms with Gasteiger partial charge in [0.2, 0.25) is 0 Å². The van der Waals surface area contributed by atoms with Gasteiger partial charge in [0.15, 0.2) is 0 Å². The fourth-order valence-electron chi connectivity index (χ4n) is 11.4. The largest absolute Gasteiger partial charge is 0.310 e. The first-order valence-electron chi connectivity index (χ1n) is 20.6. The van der Waals surface area contributed by atoms with Crippen molar-refractivity contribution < 1.29 is 0 Å². The van der Waals surface area contributed by atoms with E-state index < -0.39 is 5.41 Å². The summed E-state index contributed by atoms with van der Waals surface area (Å²) in [5.41, 5.74) is 22.5. The van der Waals surface area contributed by atoms with Gasteiger partial charge in [-0.25, -0.2) is 0 Å². The Morgan fingerprint density at radius 2 is 1.05 bits per heavy atom. The van der Waals surface area contributed by atoms with Gasteiger partial charge in [0.25, 0.3) is 0 Å². The first kappa shape index (κ1) is 32.3. The van der Waals surface area contributed by atoms with Crippen molar-refractivity contribution in [2.45, 2.75) is 69.6 Å². The molecule has 1 nitrogen and oxygen atoms in total. The van der Waals surface area contributed by atoms with E-state index in [1.54, 1.807) is 0 Å². The lowest BCUT2D eigenvalue weighted by Gasteiger charge is -2.44. The molecule has 1 heteroatoms. The number of anilines is 2. The Balaban J connectivity index is 1.31. The first-order valence-corrected chi connectivity index (χ1v) is 20.6. The number of hydrogen-bond acceptors (Lipinski definition) is 1. The molecule has 7 aromatic carbocycles. The summed E-state index contributed by atoms with van der Waals surface area (Å²) in [7, 11) is 0. The number of nitrogens with zero attached hydrogens (tertiary/aromatic N) is 1. The van der Waals surface area contributed by atoms with Gasteiger partial charge in [-0.15, -0.1) is 0 Å². The number of fused-ring (bicyclic) bond motifs is 10. The van der Waals surface area contributed by atoms with Gasteiger partial charge >= 0.3 is 0 Å². The molecule has 7 aromatic rings. The Morgan fingerprint density at radius 3 is 1.82 bits per heavy atom. The molecule has 0 aromatic heterocycles. The third-order valence-corrected chi connectivity index (χ3v) is 14.3. The SMILES string of the molecule is CC1(C)CCC(C)(C)c2cc3c(cc21)-c1ccc2c(c1)C1(c4ccccc4-2)c2ccccc2-c2cc(-c4cccc5ccccc45)c(cc21)N3C1=CCCC=C1. The van der Waals surface area contributed by atoms with Crippen LogP contribution in [0.25, 0.3) is 55.3 Å². The molecule has 1 atom stereocenters. The molecule has 0 N–H and O–H groups in total. The summed E-state index contributed by atoms with van der Waals surface area (Å²) in [5.74, 6) is 0. The van der Waals surface area contributed by atoms with Crippen LogP contribution in [0, 0.1) is 0 Å². The molecule has 5 aliphatic rings. The van der Waals surface area contributed by atoms with E-state index in [0.29, 0.717) is 0 Å². The van der Waals surface area contributed by atoms with Crippen molar-refractivity contribution in [1.82, 2.24) is 0 Å². The first-order chi connectivity index (χ1) is 27.3. The highest BCUT2D eigenvalue weighted by atomic mass is 15.2. The number of rotatable bonds is 2. The van der Waals surface area contributed by atoms with Gasteiger partial charge in [0.05, 0.1) is 16.8 Å². The number of allylic oxidation sites excluding steroid dienone is 3. The minimum atomic E-state index is -0.435. The summed E-state index contributed by atoms with van der Waals surface area (Å²) < 4.78 is 0. The Kier molecular flexibility index (Phi) is 6.41. The lowest BCUT2D eigenvalue weighted by molar-refractivity contribution is 0.332. The normalized spacial score (nSPS) is 19.9. The summed E-state index contributed by atoms with van der Waals surface area (Å²) in [6.45, 7) is 9.86. The van der Waals surface area contributed by atoms with Crippen LogP contribution < -0.4 is 4.90 Å². The third kappa shape index (κ3) is 4.11. The van der Waals surface area contributed by atoms with Crippen molar-refractivity contribution in [3.05, 3.63) is 191 Å². The number of hydrogen-bond donors (Lipinski definition) is 0. The van der Waals surface area contributed by atoms with Gasteiger partial charge in [-0.3, -0.25) is 0 Å². The fraction of sp³-hybridized carbons (Fsp3) is 0.200. The maximum Gasteiger partial charge on any atom is 0.0726 e. The van der Waals surface area contributed by atoms with Crippen LogP contribution in [0.1, 0.15) is 86.8 Å². The van der Waals surface area contributed by atoms with Gasteiger partial charge in [0.1, 0.15) is 0 Å². The standard InChI is InChI=1S/C55H45N/c1-53(2)27-28-54(3,4)50-33-51-42(31-49(50)53)35-25-26-41-39-20-10-12-23-45(39)55(47(41)29-35)46-24-13-11-21-40(46)43-30-44(38-22-14-16-34-15-8-9-19-37(34)38)52(32-48(43)55)56(51)36-17-6-5-7-18-36/h6,8-26,29-33H,5,7,27-28H2,1-4H3. The summed E-state index contributed by atoms with van der Waals surface area (Å²) in [4.78, 5) is 2.66. The molecule has 1 heterocycles. The second-order valence-corrected chi connectivity index (χ2v) is 18.2. The lowest BCUT2D eigenvalue weighted by Crippen LogP contribution is -2.34. The van der Waals surface area contributed by atoms with Crippen molar-refractivity contribution in [3.8, 4) is 44.5 Å². The quantitative estimate of drug-likeness (QED) is 0.172. The summed E-state index contributed by atoms with van der Waals surface area (Å²) in [5, 5.41) is 2.55. The van der Waals surface area contributed by atoms with Gasteiger partial charge in [0, 0.05) is 16.8 Å². The zero-order valence-corrected chi connectivity index (χ0v) is 32.7. The van der Waals surface area contributed by atoms with Crippen LogP contribution >= 0.6 is 0 Å². The van der Waals surface area contributed by atoms with Crippen LogP contribution in [0.2, 0.25) is 0 Å². The summed E-state index contributed by atoms with van der Waals surface area (Å²) in [6.07, 6.45) is 11.7. The highest BCUT2D eigenvalue weighted by Crippen LogP contribution is 2.65. The van der Waals surface area contributed by atoms with Crippen LogP contribution in [-0.2, 0) is 16.2 Å². The maximum atomic E-state index is 2.66. The van der Waals surface area contributed by atoms with Gasteiger partial charge < -0.3 is 4.90 Å². The Bertz CT molecular complexity index is 2930. The molecule has 56 heavy (non-hydrogen) atoms. The van der Waals surface area contributed by atoms with E-state index in [1.165, 1.54) is 119 Å². The molecule has 1 spiro atoms. The van der Waals surface area contributed by atoms with E-state index in [9.17, 15) is 0 Å². The van der Waals surface area contributed by atoms with Crippen LogP contribution in [0.15, 0.2) is 157 Å². The molecule has 0 amide bonds. The highest BCUT2D eigenvalue weighted by Gasteiger charge is 2.53. The monoisotopic (exact) mass is 719 g/mol. The molecule has 0 fully saturated rings. The van der Waals surface area contributed by atoms with Crippen molar-refractivity contribution >= 4 is 22.1 Å².